The first-order chi connectivity index (χ1) is 11.1. The normalized spacial score (nSPS) is 15.9. The second-order valence-corrected chi connectivity index (χ2v) is 7.37. The van der Waals surface area contributed by atoms with Crippen molar-refractivity contribution in [3.8, 4) is 5.69 Å². The van der Waals surface area contributed by atoms with Gasteiger partial charge in [-0.15, -0.1) is 10.2 Å². The third-order valence-electron chi connectivity index (χ3n) is 4.19. The molecule has 0 N–H and O–H groups in total. The summed E-state index contributed by atoms with van der Waals surface area (Å²) < 4.78 is 1.97. The maximum absolute atomic E-state index is 12.5. The van der Waals surface area contributed by atoms with Gasteiger partial charge in [0.25, 0.3) is 0 Å². The molecule has 1 amide bonds. The molecule has 1 aliphatic heterocycles. The molecule has 1 aliphatic rings. The first-order valence-electron chi connectivity index (χ1n) is 7.99. The quantitative estimate of drug-likeness (QED) is 0.809. The highest BCUT2D eigenvalue weighted by atomic mass is 32.2. The van der Waals surface area contributed by atoms with Crippen LogP contribution >= 0.6 is 11.8 Å². The summed E-state index contributed by atoms with van der Waals surface area (Å²) >= 11 is 1.48. The third kappa shape index (κ3) is 3.42. The van der Waals surface area contributed by atoms with Gasteiger partial charge in [-0.25, -0.2) is 0 Å². The molecule has 1 atom stereocenters. The van der Waals surface area contributed by atoms with E-state index in [-0.39, 0.29) is 11.2 Å². The first kappa shape index (κ1) is 16.1. The van der Waals surface area contributed by atoms with Crippen LogP contribution in [0.3, 0.4) is 0 Å². The van der Waals surface area contributed by atoms with E-state index in [1.165, 1.54) is 17.3 Å². The largest absolute Gasteiger partial charge is 0.342 e. The van der Waals surface area contributed by atoms with Crippen molar-refractivity contribution < 1.29 is 4.79 Å². The van der Waals surface area contributed by atoms with E-state index in [4.69, 9.17) is 0 Å². The molecule has 2 heterocycles. The number of carbonyl (C=O) groups excluding carboxylic acids is 1. The molecule has 6 heteroatoms. The van der Waals surface area contributed by atoms with Crippen LogP contribution in [0.4, 0.5) is 0 Å². The zero-order valence-electron chi connectivity index (χ0n) is 13.8. The van der Waals surface area contributed by atoms with Gasteiger partial charge in [-0.05, 0) is 50.8 Å². The number of aromatic nitrogens is 3. The Morgan fingerprint density at radius 1 is 1.26 bits per heavy atom. The van der Waals surface area contributed by atoms with E-state index < -0.39 is 0 Å². The second kappa shape index (κ2) is 6.74. The number of thioether (sulfide) groups is 1. The Morgan fingerprint density at radius 2 is 2.00 bits per heavy atom. The number of benzene rings is 1. The SMILES string of the molecule is Cc1ccc(C)c(-n2cnnc2S[C@H](C)C(=O)N2CCCC2)c1. The van der Waals surface area contributed by atoms with E-state index in [9.17, 15) is 4.79 Å². The van der Waals surface area contributed by atoms with E-state index in [2.05, 4.69) is 42.2 Å². The number of nitrogens with zero attached hydrogens (tertiary/aromatic N) is 4. The maximum atomic E-state index is 12.5. The molecule has 1 aromatic heterocycles. The monoisotopic (exact) mass is 330 g/mol. The number of amides is 1. The number of hydrogen-bond acceptors (Lipinski definition) is 4. The summed E-state index contributed by atoms with van der Waals surface area (Å²) in [6.45, 7) is 7.86. The molecule has 1 saturated heterocycles. The van der Waals surface area contributed by atoms with Crippen LogP contribution < -0.4 is 0 Å². The molecule has 0 spiro atoms. The fourth-order valence-electron chi connectivity index (χ4n) is 2.85. The molecule has 0 radical (unpaired) electrons. The maximum Gasteiger partial charge on any atom is 0.235 e. The van der Waals surface area contributed by atoms with Crippen molar-refractivity contribution >= 4 is 17.7 Å². The number of rotatable bonds is 4. The van der Waals surface area contributed by atoms with Crippen molar-refractivity contribution in [2.75, 3.05) is 13.1 Å². The zero-order valence-corrected chi connectivity index (χ0v) is 14.6. The molecule has 122 valence electrons. The molecule has 2 aromatic rings. The smallest absolute Gasteiger partial charge is 0.235 e. The van der Waals surface area contributed by atoms with Crippen molar-refractivity contribution in [1.29, 1.82) is 0 Å². The van der Waals surface area contributed by atoms with Crippen LogP contribution in [0.15, 0.2) is 29.7 Å². The second-order valence-electron chi connectivity index (χ2n) is 6.07. The summed E-state index contributed by atoms with van der Waals surface area (Å²) in [7, 11) is 0. The lowest BCUT2D eigenvalue weighted by atomic mass is 10.1. The lowest BCUT2D eigenvalue weighted by molar-refractivity contribution is -0.129. The van der Waals surface area contributed by atoms with Gasteiger partial charge in [-0.3, -0.25) is 9.36 Å². The fraction of sp³-hybridized carbons (Fsp3) is 0.471. The lowest BCUT2D eigenvalue weighted by Gasteiger charge is -2.20. The molecular formula is C17H22N4OS. The van der Waals surface area contributed by atoms with Crippen LogP contribution in [-0.4, -0.2) is 43.9 Å². The van der Waals surface area contributed by atoms with Crippen LogP contribution in [-0.2, 0) is 4.79 Å². The third-order valence-corrected chi connectivity index (χ3v) is 5.23. The Kier molecular flexibility index (Phi) is 4.71. The summed E-state index contributed by atoms with van der Waals surface area (Å²) in [4.78, 5) is 14.4. The standard InChI is InChI=1S/C17H22N4OS/c1-12-6-7-13(2)15(10-12)21-11-18-19-17(21)23-14(3)16(22)20-8-4-5-9-20/h6-7,10-11,14H,4-5,8-9H2,1-3H3/t14-/m1/s1. The van der Waals surface area contributed by atoms with E-state index in [1.54, 1.807) is 6.33 Å². The lowest BCUT2D eigenvalue weighted by Crippen LogP contribution is -2.34. The highest BCUT2D eigenvalue weighted by Crippen LogP contribution is 2.27. The Labute approximate surface area is 141 Å². The summed E-state index contributed by atoms with van der Waals surface area (Å²) in [5.74, 6) is 0.197. The molecule has 1 fully saturated rings. The average molecular weight is 330 g/mol. The minimum atomic E-state index is -0.152. The number of hydrogen-bond donors (Lipinski definition) is 0. The van der Waals surface area contributed by atoms with Gasteiger partial charge in [0, 0.05) is 13.1 Å². The van der Waals surface area contributed by atoms with Crippen molar-refractivity contribution in [3.63, 3.8) is 0 Å². The van der Waals surface area contributed by atoms with Crippen molar-refractivity contribution in [2.45, 2.75) is 44.0 Å². The van der Waals surface area contributed by atoms with Gasteiger partial charge in [-0.1, -0.05) is 23.9 Å². The summed E-state index contributed by atoms with van der Waals surface area (Å²) in [5, 5.41) is 8.87. The molecule has 0 saturated carbocycles. The van der Waals surface area contributed by atoms with Gasteiger partial charge in [0.1, 0.15) is 6.33 Å². The first-order valence-corrected chi connectivity index (χ1v) is 8.87. The van der Waals surface area contributed by atoms with Gasteiger partial charge in [-0.2, -0.15) is 0 Å². The van der Waals surface area contributed by atoms with Crippen molar-refractivity contribution in [1.82, 2.24) is 19.7 Å². The van der Waals surface area contributed by atoms with Crippen molar-refractivity contribution in [3.05, 3.63) is 35.7 Å². The number of aryl methyl sites for hydroxylation is 2. The number of carbonyl (C=O) groups is 1. The summed E-state index contributed by atoms with van der Waals surface area (Å²) in [6.07, 6.45) is 3.95. The van der Waals surface area contributed by atoms with Crippen LogP contribution in [0.1, 0.15) is 30.9 Å². The fourth-order valence-corrected chi connectivity index (χ4v) is 3.77. The minimum Gasteiger partial charge on any atom is -0.342 e. The highest BCUT2D eigenvalue weighted by Gasteiger charge is 2.25. The summed E-state index contributed by atoms with van der Waals surface area (Å²) in [5.41, 5.74) is 3.42. The topological polar surface area (TPSA) is 51.0 Å². The van der Waals surface area contributed by atoms with E-state index in [0.29, 0.717) is 0 Å². The average Bonchev–Trinajstić information content (AvgIpc) is 3.20. The van der Waals surface area contributed by atoms with Crippen LogP contribution in [0.5, 0.6) is 0 Å². The molecular weight excluding hydrogens is 308 g/mol. The Hall–Kier alpha value is -1.82. The van der Waals surface area contributed by atoms with Crippen LogP contribution in [0, 0.1) is 13.8 Å². The van der Waals surface area contributed by atoms with Gasteiger partial charge < -0.3 is 4.90 Å². The molecule has 1 aromatic carbocycles. The minimum absolute atomic E-state index is 0.152. The zero-order chi connectivity index (χ0) is 16.4. The molecule has 5 nitrogen and oxygen atoms in total. The van der Waals surface area contributed by atoms with E-state index in [0.717, 1.165) is 42.3 Å². The van der Waals surface area contributed by atoms with Gasteiger partial charge in [0.15, 0.2) is 5.16 Å². The predicted molar refractivity (Wildman–Crippen MR) is 92.0 cm³/mol. The van der Waals surface area contributed by atoms with Crippen LogP contribution in [0.2, 0.25) is 0 Å². The molecule has 0 unspecified atom stereocenters. The Bertz CT molecular complexity index is 706. The van der Waals surface area contributed by atoms with E-state index in [1.807, 2.05) is 16.4 Å². The molecule has 0 aliphatic carbocycles. The van der Waals surface area contributed by atoms with Crippen molar-refractivity contribution in [2.24, 2.45) is 0 Å². The van der Waals surface area contributed by atoms with Gasteiger partial charge in [0.2, 0.25) is 5.91 Å². The van der Waals surface area contributed by atoms with Gasteiger partial charge in [0.05, 0.1) is 10.9 Å². The summed E-state index contributed by atoms with van der Waals surface area (Å²) in [6, 6.07) is 6.31. The van der Waals surface area contributed by atoms with E-state index >= 15 is 0 Å². The Balaban J connectivity index is 1.81. The highest BCUT2D eigenvalue weighted by molar-refractivity contribution is 8.00. The molecule has 3 rings (SSSR count). The number of likely N-dealkylation sites (tertiary alicyclic amines) is 1. The Morgan fingerprint density at radius 3 is 2.74 bits per heavy atom. The predicted octanol–water partition coefficient (Wildman–Crippen LogP) is 2.99. The molecule has 0 bridgehead atoms. The van der Waals surface area contributed by atoms with Gasteiger partial charge >= 0.3 is 0 Å². The molecule has 23 heavy (non-hydrogen) atoms. The van der Waals surface area contributed by atoms with Crippen LogP contribution in [0.25, 0.3) is 5.69 Å².